The minimum atomic E-state index is -0.541. The summed E-state index contributed by atoms with van der Waals surface area (Å²) in [6.45, 7) is 7.02. The first-order valence-corrected chi connectivity index (χ1v) is 11.2. The lowest BCUT2D eigenvalue weighted by Gasteiger charge is -2.34. The lowest BCUT2D eigenvalue weighted by molar-refractivity contribution is 0.0188. The van der Waals surface area contributed by atoms with E-state index in [0.717, 1.165) is 11.1 Å². The molecule has 0 radical (unpaired) electrons. The van der Waals surface area contributed by atoms with Gasteiger partial charge in [0.05, 0.1) is 17.6 Å². The number of piperidine rings is 1. The fourth-order valence-electron chi connectivity index (χ4n) is 4.24. The monoisotopic (exact) mass is 458 g/mol. The first kappa shape index (κ1) is 22.4. The SMILES string of the molecule is CC(C)(C)OC(=O)N1CCC(n2c(=N)n(Cc3ccccc3Cl)c3ccc(F)cc32)CC1. The highest BCUT2D eigenvalue weighted by atomic mass is 35.5. The Morgan fingerprint density at radius 3 is 2.50 bits per heavy atom. The zero-order valence-corrected chi connectivity index (χ0v) is 19.3. The quantitative estimate of drug-likeness (QED) is 0.576. The van der Waals surface area contributed by atoms with Crippen LogP contribution in [0.25, 0.3) is 11.0 Å². The van der Waals surface area contributed by atoms with Gasteiger partial charge in [0.25, 0.3) is 0 Å². The molecule has 0 spiro atoms. The third-order valence-electron chi connectivity index (χ3n) is 5.74. The van der Waals surface area contributed by atoms with Gasteiger partial charge in [0.1, 0.15) is 11.4 Å². The Balaban J connectivity index is 1.64. The van der Waals surface area contributed by atoms with Crippen molar-refractivity contribution in [2.24, 2.45) is 0 Å². The minimum Gasteiger partial charge on any atom is -0.444 e. The van der Waals surface area contributed by atoms with Gasteiger partial charge >= 0.3 is 6.09 Å². The molecule has 0 unspecified atom stereocenters. The zero-order chi connectivity index (χ0) is 23.0. The summed E-state index contributed by atoms with van der Waals surface area (Å²) in [5.41, 5.74) is 2.11. The number of aromatic nitrogens is 2. The maximum absolute atomic E-state index is 14.2. The number of halogens is 2. The van der Waals surface area contributed by atoms with Gasteiger partial charge in [-0.2, -0.15) is 0 Å². The van der Waals surface area contributed by atoms with Crippen LogP contribution in [0.1, 0.15) is 45.2 Å². The van der Waals surface area contributed by atoms with E-state index in [1.165, 1.54) is 12.1 Å². The second-order valence-electron chi connectivity index (χ2n) is 9.20. The second-order valence-corrected chi connectivity index (χ2v) is 9.61. The van der Waals surface area contributed by atoms with E-state index in [-0.39, 0.29) is 18.0 Å². The van der Waals surface area contributed by atoms with Crippen molar-refractivity contribution >= 4 is 28.7 Å². The van der Waals surface area contributed by atoms with E-state index >= 15 is 0 Å². The molecule has 0 atom stereocenters. The van der Waals surface area contributed by atoms with Gasteiger partial charge in [-0.05, 0) is 63.4 Å². The number of imidazole rings is 1. The summed E-state index contributed by atoms with van der Waals surface area (Å²) in [7, 11) is 0. The number of nitrogens with one attached hydrogen (secondary N) is 1. The standard InChI is InChI=1S/C24H28ClFN4O2/c1-24(2,3)32-23(31)28-12-10-18(11-13-28)30-21-14-17(26)8-9-20(21)29(22(30)27)15-16-6-4-5-7-19(16)25/h4-9,14,18,27H,10-13,15H2,1-3H3. The molecule has 0 saturated carbocycles. The topological polar surface area (TPSA) is 63.2 Å². The van der Waals surface area contributed by atoms with E-state index in [0.29, 0.717) is 48.6 Å². The number of rotatable bonds is 3. The molecule has 1 saturated heterocycles. The van der Waals surface area contributed by atoms with E-state index in [2.05, 4.69) is 0 Å². The fraction of sp³-hybridized carbons (Fsp3) is 0.417. The number of ether oxygens (including phenoxy) is 1. The molecule has 170 valence electrons. The molecule has 4 rings (SSSR count). The average Bonchev–Trinajstić information content (AvgIpc) is 2.99. The smallest absolute Gasteiger partial charge is 0.410 e. The molecule has 2 aromatic carbocycles. The average molecular weight is 459 g/mol. The molecular formula is C24H28ClFN4O2. The Hall–Kier alpha value is -2.80. The predicted molar refractivity (Wildman–Crippen MR) is 122 cm³/mol. The number of carbonyl (C=O) groups excluding carboxylic acids is 1. The molecule has 0 aliphatic carbocycles. The van der Waals surface area contributed by atoms with Crippen molar-refractivity contribution in [2.45, 2.75) is 51.8 Å². The van der Waals surface area contributed by atoms with Crippen molar-refractivity contribution < 1.29 is 13.9 Å². The Labute approximate surface area is 191 Å². The molecule has 3 aromatic rings. The van der Waals surface area contributed by atoms with E-state index in [9.17, 15) is 9.18 Å². The maximum Gasteiger partial charge on any atom is 0.410 e. The fourth-order valence-corrected chi connectivity index (χ4v) is 4.43. The minimum absolute atomic E-state index is 0.0158. The van der Waals surface area contributed by atoms with Crippen molar-refractivity contribution in [3.63, 3.8) is 0 Å². The molecule has 32 heavy (non-hydrogen) atoms. The van der Waals surface area contributed by atoms with Gasteiger partial charge < -0.3 is 18.8 Å². The second kappa shape index (κ2) is 8.62. The molecule has 1 aliphatic heterocycles. The summed E-state index contributed by atoms with van der Waals surface area (Å²) in [5, 5.41) is 9.54. The van der Waals surface area contributed by atoms with Crippen molar-refractivity contribution in [3.8, 4) is 0 Å². The van der Waals surface area contributed by atoms with E-state index in [1.807, 2.05) is 54.2 Å². The van der Waals surface area contributed by atoms with Gasteiger partial charge in [0.2, 0.25) is 5.62 Å². The Morgan fingerprint density at radius 2 is 1.84 bits per heavy atom. The molecule has 2 heterocycles. The van der Waals surface area contributed by atoms with Crippen LogP contribution in [0.5, 0.6) is 0 Å². The van der Waals surface area contributed by atoms with Crippen LogP contribution < -0.4 is 5.62 Å². The summed E-state index contributed by atoms with van der Waals surface area (Å²) in [6.07, 6.45) is 1.01. The van der Waals surface area contributed by atoms with Crippen LogP contribution >= 0.6 is 11.6 Å². The number of amides is 1. The highest BCUT2D eigenvalue weighted by Gasteiger charge is 2.29. The number of nitrogens with zero attached hydrogens (tertiary/aromatic N) is 3. The lowest BCUT2D eigenvalue weighted by Crippen LogP contribution is -2.43. The summed E-state index contributed by atoms with van der Waals surface area (Å²) < 4.78 is 23.4. The third kappa shape index (κ3) is 4.53. The molecule has 8 heteroatoms. The molecular weight excluding hydrogens is 431 g/mol. The summed E-state index contributed by atoms with van der Waals surface area (Å²) in [5.74, 6) is -0.340. The lowest BCUT2D eigenvalue weighted by atomic mass is 10.0. The third-order valence-corrected chi connectivity index (χ3v) is 6.11. The van der Waals surface area contributed by atoms with Gasteiger partial charge in [0.15, 0.2) is 0 Å². The van der Waals surface area contributed by atoms with Gasteiger partial charge in [0, 0.05) is 24.2 Å². The maximum atomic E-state index is 14.2. The van der Waals surface area contributed by atoms with Crippen molar-refractivity contribution in [2.75, 3.05) is 13.1 Å². The molecule has 1 aliphatic rings. The van der Waals surface area contributed by atoms with Gasteiger partial charge in [-0.1, -0.05) is 29.8 Å². The molecule has 6 nitrogen and oxygen atoms in total. The molecule has 1 fully saturated rings. The van der Waals surface area contributed by atoms with Crippen LogP contribution in [0.15, 0.2) is 42.5 Å². The van der Waals surface area contributed by atoms with Crippen molar-refractivity contribution in [1.29, 1.82) is 5.41 Å². The number of hydrogen-bond donors (Lipinski definition) is 1. The predicted octanol–water partition coefficient (Wildman–Crippen LogP) is 5.34. The Kier molecular flexibility index (Phi) is 6.03. The highest BCUT2D eigenvalue weighted by Crippen LogP contribution is 2.28. The molecule has 1 aromatic heterocycles. The number of fused-ring (bicyclic) bond motifs is 1. The van der Waals surface area contributed by atoms with Crippen LogP contribution in [0, 0.1) is 11.2 Å². The Morgan fingerprint density at radius 1 is 1.16 bits per heavy atom. The number of hydrogen-bond acceptors (Lipinski definition) is 3. The zero-order valence-electron chi connectivity index (χ0n) is 18.6. The van der Waals surface area contributed by atoms with E-state index in [1.54, 1.807) is 11.0 Å². The van der Waals surface area contributed by atoms with Crippen LogP contribution in [-0.4, -0.2) is 38.8 Å². The molecule has 0 bridgehead atoms. The van der Waals surface area contributed by atoms with E-state index < -0.39 is 5.60 Å². The number of benzene rings is 2. The van der Waals surface area contributed by atoms with E-state index in [4.69, 9.17) is 21.7 Å². The number of carbonyl (C=O) groups is 1. The van der Waals surface area contributed by atoms with Gasteiger partial charge in [-0.3, -0.25) is 5.41 Å². The summed E-state index contributed by atoms with van der Waals surface area (Å²) in [6, 6.07) is 12.1. The van der Waals surface area contributed by atoms with Crippen molar-refractivity contribution in [1.82, 2.24) is 14.0 Å². The van der Waals surface area contributed by atoms with Gasteiger partial charge in [-0.25, -0.2) is 9.18 Å². The summed E-state index contributed by atoms with van der Waals surface area (Å²) >= 11 is 6.36. The molecule has 1 N–H and O–H groups in total. The van der Waals surface area contributed by atoms with Crippen LogP contribution in [-0.2, 0) is 11.3 Å². The van der Waals surface area contributed by atoms with Crippen molar-refractivity contribution in [3.05, 3.63) is 64.5 Å². The normalized spacial score (nSPS) is 15.3. The van der Waals surface area contributed by atoms with Crippen LogP contribution in [0.3, 0.4) is 0 Å². The summed E-state index contributed by atoms with van der Waals surface area (Å²) in [4.78, 5) is 14.1. The molecule has 1 amide bonds. The van der Waals surface area contributed by atoms with Gasteiger partial charge in [-0.15, -0.1) is 0 Å². The van der Waals surface area contributed by atoms with Crippen LogP contribution in [0.4, 0.5) is 9.18 Å². The first-order chi connectivity index (χ1) is 15.1. The Bertz CT molecular complexity index is 1200. The largest absolute Gasteiger partial charge is 0.444 e. The highest BCUT2D eigenvalue weighted by molar-refractivity contribution is 6.31. The number of likely N-dealkylation sites (tertiary alicyclic amines) is 1. The van der Waals surface area contributed by atoms with Crippen LogP contribution in [0.2, 0.25) is 5.02 Å². The first-order valence-electron chi connectivity index (χ1n) is 10.8.